The monoisotopic (exact) mass is 448 g/mol. The van der Waals surface area contributed by atoms with Crippen molar-refractivity contribution in [2.75, 3.05) is 26.9 Å². The highest BCUT2D eigenvalue weighted by Gasteiger charge is 2.50. The van der Waals surface area contributed by atoms with E-state index < -0.39 is 17.6 Å². The van der Waals surface area contributed by atoms with Gasteiger partial charge in [-0.25, -0.2) is 13.6 Å². The highest BCUT2D eigenvalue weighted by molar-refractivity contribution is 5.67. The molecule has 5 rings (SSSR count). The highest BCUT2D eigenvalue weighted by Crippen LogP contribution is 2.52. The van der Waals surface area contributed by atoms with Gasteiger partial charge in [0, 0.05) is 17.5 Å². The standard InChI is InChI=1S/C24H26F2O6/c1-29-21-3-2-18(13-20(21)26)32-19-11-16(10-17(25)12-19)23-4-6-24(7-5-23,31-15-23)8-9-30-14-22(27)28/h2-3,10-13H,4-9,14-15H2,1H3,(H,27,28). The minimum Gasteiger partial charge on any atom is -0.494 e. The summed E-state index contributed by atoms with van der Waals surface area (Å²) in [4.78, 5) is 10.6. The fourth-order valence-electron chi connectivity index (χ4n) is 4.65. The van der Waals surface area contributed by atoms with Crippen LogP contribution in [0.1, 0.15) is 37.7 Å². The Morgan fingerprint density at radius 1 is 1.09 bits per heavy atom. The lowest BCUT2D eigenvalue weighted by atomic mass is 9.62. The molecule has 2 heterocycles. The van der Waals surface area contributed by atoms with E-state index in [0.29, 0.717) is 25.4 Å². The molecular weight excluding hydrogens is 422 g/mol. The second kappa shape index (κ2) is 9.03. The first kappa shape index (κ1) is 22.5. The molecule has 0 aromatic heterocycles. The van der Waals surface area contributed by atoms with Crippen LogP contribution in [0.3, 0.4) is 0 Å². The number of carboxylic acids is 1. The molecule has 0 amide bonds. The summed E-state index contributed by atoms with van der Waals surface area (Å²) >= 11 is 0. The molecule has 0 spiro atoms. The van der Waals surface area contributed by atoms with Crippen LogP contribution >= 0.6 is 0 Å². The molecule has 2 bridgehead atoms. The summed E-state index contributed by atoms with van der Waals surface area (Å²) in [6, 6.07) is 8.81. The van der Waals surface area contributed by atoms with E-state index >= 15 is 0 Å². The minimum atomic E-state index is -0.990. The number of carbonyl (C=O) groups is 1. The van der Waals surface area contributed by atoms with Crippen LogP contribution in [0.4, 0.5) is 8.78 Å². The van der Waals surface area contributed by atoms with Crippen molar-refractivity contribution in [3.63, 3.8) is 0 Å². The third kappa shape index (κ3) is 4.71. The molecule has 6 nitrogen and oxygen atoms in total. The number of halogens is 2. The predicted molar refractivity (Wildman–Crippen MR) is 111 cm³/mol. The number of hydrogen-bond donors (Lipinski definition) is 1. The number of rotatable bonds is 9. The van der Waals surface area contributed by atoms with Crippen LogP contribution in [0.25, 0.3) is 0 Å². The Balaban J connectivity index is 1.45. The molecule has 0 radical (unpaired) electrons. The van der Waals surface area contributed by atoms with Gasteiger partial charge in [0.15, 0.2) is 11.6 Å². The van der Waals surface area contributed by atoms with Crippen molar-refractivity contribution < 1.29 is 37.6 Å². The molecule has 2 saturated heterocycles. The maximum absolute atomic E-state index is 14.5. The van der Waals surface area contributed by atoms with Crippen LogP contribution in [0, 0.1) is 11.6 Å². The van der Waals surface area contributed by atoms with Gasteiger partial charge in [0.05, 0.1) is 25.9 Å². The molecule has 2 aromatic carbocycles. The predicted octanol–water partition coefficient (Wildman–Crippen LogP) is 4.84. The zero-order valence-corrected chi connectivity index (χ0v) is 17.9. The third-order valence-electron chi connectivity index (χ3n) is 6.54. The minimum absolute atomic E-state index is 0.106. The lowest BCUT2D eigenvalue weighted by Gasteiger charge is -2.53. The first-order valence-electron chi connectivity index (χ1n) is 10.6. The Hall–Kier alpha value is -2.71. The lowest BCUT2D eigenvalue weighted by molar-refractivity contribution is -0.168. The number of fused-ring (bicyclic) bond motifs is 3. The number of methoxy groups -OCH3 is 1. The molecule has 3 fully saturated rings. The van der Waals surface area contributed by atoms with Gasteiger partial charge in [0.2, 0.25) is 0 Å². The number of carboxylic acid groups (broad SMARTS) is 1. The first-order valence-corrected chi connectivity index (χ1v) is 10.6. The molecule has 32 heavy (non-hydrogen) atoms. The summed E-state index contributed by atoms with van der Waals surface area (Å²) in [5.74, 6) is -1.32. The van der Waals surface area contributed by atoms with E-state index in [1.807, 2.05) is 0 Å². The third-order valence-corrected chi connectivity index (χ3v) is 6.54. The molecule has 3 aliphatic rings. The molecule has 1 saturated carbocycles. The quantitative estimate of drug-likeness (QED) is 0.554. The van der Waals surface area contributed by atoms with Crippen molar-refractivity contribution in [1.82, 2.24) is 0 Å². The van der Waals surface area contributed by atoms with E-state index in [2.05, 4.69) is 0 Å². The highest BCUT2D eigenvalue weighted by atomic mass is 19.1. The van der Waals surface area contributed by atoms with Gasteiger partial charge < -0.3 is 24.1 Å². The van der Waals surface area contributed by atoms with Gasteiger partial charge in [-0.15, -0.1) is 0 Å². The smallest absolute Gasteiger partial charge is 0.329 e. The molecule has 8 heteroatoms. The van der Waals surface area contributed by atoms with Crippen LogP contribution in [0.2, 0.25) is 0 Å². The van der Waals surface area contributed by atoms with Gasteiger partial charge in [-0.3, -0.25) is 0 Å². The fraction of sp³-hybridized carbons (Fsp3) is 0.458. The molecule has 1 aliphatic carbocycles. The van der Waals surface area contributed by atoms with Crippen molar-refractivity contribution in [1.29, 1.82) is 0 Å². The van der Waals surface area contributed by atoms with E-state index in [1.54, 1.807) is 12.1 Å². The Bertz CT molecular complexity index is 968. The van der Waals surface area contributed by atoms with Gasteiger partial charge in [0.25, 0.3) is 0 Å². The average Bonchev–Trinajstić information content (AvgIpc) is 2.78. The number of ether oxygens (including phenoxy) is 4. The van der Waals surface area contributed by atoms with Crippen LogP contribution in [0.5, 0.6) is 17.2 Å². The zero-order valence-electron chi connectivity index (χ0n) is 17.9. The number of hydrogen-bond acceptors (Lipinski definition) is 5. The van der Waals surface area contributed by atoms with Gasteiger partial charge in [-0.05, 0) is 61.9 Å². The second-order valence-corrected chi connectivity index (χ2v) is 8.52. The normalized spacial score (nSPS) is 24.3. The van der Waals surface area contributed by atoms with Crippen molar-refractivity contribution in [3.8, 4) is 17.2 Å². The average molecular weight is 448 g/mol. The van der Waals surface area contributed by atoms with Crippen molar-refractivity contribution in [2.45, 2.75) is 43.1 Å². The van der Waals surface area contributed by atoms with E-state index in [-0.39, 0.29) is 29.1 Å². The van der Waals surface area contributed by atoms with Crippen LogP contribution in [-0.4, -0.2) is 43.6 Å². The summed E-state index contributed by atoms with van der Waals surface area (Å²) in [5, 5.41) is 8.69. The molecule has 2 aliphatic heterocycles. The van der Waals surface area contributed by atoms with Crippen molar-refractivity contribution >= 4 is 5.97 Å². The molecule has 1 N–H and O–H groups in total. The summed E-state index contributed by atoms with van der Waals surface area (Å²) < 4.78 is 50.5. The van der Waals surface area contributed by atoms with Gasteiger partial charge in [-0.1, -0.05) is 0 Å². The Morgan fingerprint density at radius 3 is 2.50 bits per heavy atom. The first-order chi connectivity index (χ1) is 15.3. The molecule has 172 valence electrons. The van der Waals surface area contributed by atoms with Crippen LogP contribution < -0.4 is 9.47 Å². The van der Waals surface area contributed by atoms with Crippen molar-refractivity contribution in [3.05, 3.63) is 53.6 Å². The van der Waals surface area contributed by atoms with Crippen molar-refractivity contribution in [2.24, 2.45) is 0 Å². The summed E-state index contributed by atoms with van der Waals surface area (Å²) in [5.41, 5.74) is 0.180. The maximum atomic E-state index is 14.5. The Labute approximate surface area is 185 Å². The topological polar surface area (TPSA) is 74.2 Å². The molecular formula is C24H26F2O6. The molecule has 2 aromatic rings. The van der Waals surface area contributed by atoms with E-state index in [0.717, 1.165) is 31.2 Å². The largest absolute Gasteiger partial charge is 0.494 e. The van der Waals surface area contributed by atoms with E-state index in [9.17, 15) is 13.6 Å². The van der Waals surface area contributed by atoms with Crippen LogP contribution in [0.15, 0.2) is 36.4 Å². The zero-order chi connectivity index (χ0) is 22.8. The van der Waals surface area contributed by atoms with E-state index in [4.69, 9.17) is 24.1 Å². The SMILES string of the molecule is COc1ccc(Oc2cc(F)cc(C34CCC(CCOCC(=O)O)(CC3)OC4)c2)cc1F. The maximum Gasteiger partial charge on any atom is 0.329 e. The number of aliphatic carboxylic acids is 1. The number of benzene rings is 2. The molecule has 0 atom stereocenters. The summed E-state index contributed by atoms with van der Waals surface area (Å²) in [6.07, 6.45) is 3.87. The van der Waals surface area contributed by atoms with Crippen LogP contribution in [-0.2, 0) is 19.7 Å². The summed E-state index contributed by atoms with van der Waals surface area (Å²) in [6.45, 7) is 0.464. The molecule has 0 unspecified atom stereocenters. The van der Waals surface area contributed by atoms with Gasteiger partial charge in [0.1, 0.15) is 23.9 Å². The summed E-state index contributed by atoms with van der Waals surface area (Å²) in [7, 11) is 1.38. The van der Waals surface area contributed by atoms with E-state index in [1.165, 1.54) is 31.4 Å². The Kier molecular flexibility index (Phi) is 6.35. The second-order valence-electron chi connectivity index (χ2n) is 8.52. The Morgan fingerprint density at radius 2 is 1.88 bits per heavy atom. The van der Waals surface area contributed by atoms with Gasteiger partial charge >= 0.3 is 5.97 Å². The lowest BCUT2D eigenvalue weighted by Crippen LogP contribution is -2.53. The fourth-order valence-corrected chi connectivity index (χ4v) is 4.65. The van der Waals surface area contributed by atoms with Gasteiger partial charge in [-0.2, -0.15) is 0 Å².